The number of likely N-dealkylation sites (tertiary alicyclic amines) is 1. The SMILES string of the molecule is CCCCN1C[C@@H](C(=O)Nc2nnc(SCCOC)s2)CC1=O. The molecule has 0 spiro atoms. The number of amides is 2. The molecular formula is C14H22N4O3S2. The van der Waals surface area contributed by atoms with E-state index >= 15 is 0 Å². The molecule has 0 unspecified atom stereocenters. The number of hydrogen-bond donors (Lipinski definition) is 1. The van der Waals surface area contributed by atoms with Gasteiger partial charge in [0.05, 0.1) is 12.5 Å². The third-order valence-electron chi connectivity index (χ3n) is 3.52. The van der Waals surface area contributed by atoms with Crippen molar-refractivity contribution in [2.75, 3.05) is 37.9 Å². The Morgan fingerprint density at radius 1 is 1.52 bits per heavy atom. The lowest BCUT2D eigenvalue weighted by molar-refractivity contribution is -0.128. The van der Waals surface area contributed by atoms with Gasteiger partial charge in [0.25, 0.3) is 0 Å². The van der Waals surface area contributed by atoms with Gasteiger partial charge in [-0.2, -0.15) is 0 Å². The fourth-order valence-electron chi connectivity index (χ4n) is 2.25. The number of carbonyl (C=O) groups is 2. The van der Waals surface area contributed by atoms with E-state index in [0.717, 1.165) is 29.5 Å². The highest BCUT2D eigenvalue weighted by Gasteiger charge is 2.34. The van der Waals surface area contributed by atoms with Gasteiger partial charge in [-0.3, -0.25) is 9.59 Å². The quantitative estimate of drug-likeness (QED) is 0.412. The first-order chi connectivity index (χ1) is 11.1. The van der Waals surface area contributed by atoms with Gasteiger partial charge in [0.1, 0.15) is 0 Å². The molecule has 1 aliphatic rings. The van der Waals surface area contributed by atoms with Crippen LogP contribution in [-0.4, -0.2) is 59.5 Å². The molecule has 2 amide bonds. The van der Waals surface area contributed by atoms with E-state index in [4.69, 9.17) is 4.74 Å². The Hall–Kier alpha value is -1.19. The van der Waals surface area contributed by atoms with Crippen LogP contribution in [-0.2, 0) is 14.3 Å². The highest BCUT2D eigenvalue weighted by Crippen LogP contribution is 2.26. The minimum atomic E-state index is -0.298. The second kappa shape index (κ2) is 9.19. The molecule has 1 aromatic rings. The Morgan fingerprint density at radius 2 is 2.35 bits per heavy atom. The van der Waals surface area contributed by atoms with Gasteiger partial charge in [-0.15, -0.1) is 10.2 Å². The zero-order valence-electron chi connectivity index (χ0n) is 13.4. The maximum Gasteiger partial charge on any atom is 0.231 e. The van der Waals surface area contributed by atoms with E-state index < -0.39 is 0 Å². The standard InChI is InChI=1S/C14H22N4O3S2/c1-3-4-5-18-9-10(8-11(18)19)12(20)15-13-16-17-14(23-13)22-7-6-21-2/h10H,3-9H2,1-2H3,(H,15,16,20)/t10-/m0/s1. The molecule has 1 aliphatic heterocycles. The van der Waals surface area contributed by atoms with E-state index in [2.05, 4.69) is 22.4 Å². The van der Waals surface area contributed by atoms with Crippen LogP contribution in [0.4, 0.5) is 5.13 Å². The van der Waals surface area contributed by atoms with Crippen molar-refractivity contribution in [2.24, 2.45) is 5.92 Å². The summed E-state index contributed by atoms with van der Waals surface area (Å²) < 4.78 is 5.78. The van der Waals surface area contributed by atoms with Crippen molar-refractivity contribution in [2.45, 2.75) is 30.5 Å². The molecule has 1 atom stereocenters. The summed E-state index contributed by atoms with van der Waals surface area (Å²) in [6.07, 6.45) is 2.29. The van der Waals surface area contributed by atoms with Crippen LogP contribution in [0, 0.1) is 5.92 Å². The first-order valence-electron chi connectivity index (χ1n) is 7.68. The number of methoxy groups -OCH3 is 1. The molecule has 1 N–H and O–H groups in total. The number of carbonyl (C=O) groups excluding carboxylic acids is 2. The largest absolute Gasteiger partial charge is 0.384 e. The minimum absolute atomic E-state index is 0.0617. The van der Waals surface area contributed by atoms with Gasteiger partial charge in [0.15, 0.2) is 4.34 Å². The molecule has 0 saturated carbocycles. The number of unbranched alkanes of at least 4 members (excludes halogenated alkanes) is 1. The molecule has 0 bridgehead atoms. The number of hydrogen-bond acceptors (Lipinski definition) is 7. The van der Waals surface area contributed by atoms with Crippen LogP contribution >= 0.6 is 23.1 Å². The minimum Gasteiger partial charge on any atom is -0.384 e. The second-order valence-electron chi connectivity index (χ2n) is 5.30. The average Bonchev–Trinajstić information content (AvgIpc) is 3.12. The molecule has 0 aliphatic carbocycles. The fraction of sp³-hybridized carbons (Fsp3) is 0.714. The number of nitrogens with zero attached hydrogens (tertiary/aromatic N) is 3. The molecule has 2 rings (SSSR count). The van der Waals surface area contributed by atoms with Crippen LogP contribution in [0.15, 0.2) is 4.34 Å². The normalized spacial score (nSPS) is 17.7. The van der Waals surface area contributed by atoms with Crippen LogP contribution in [0.25, 0.3) is 0 Å². The molecule has 1 fully saturated rings. The van der Waals surface area contributed by atoms with E-state index in [9.17, 15) is 9.59 Å². The average molecular weight is 358 g/mol. The summed E-state index contributed by atoms with van der Waals surface area (Å²) in [5, 5.41) is 11.2. The maximum absolute atomic E-state index is 12.3. The van der Waals surface area contributed by atoms with Crippen LogP contribution in [0.2, 0.25) is 0 Å². The lowest BCUT2D eigenvalue weighted by Gasteiger charge is -2.15. The topological polar surface area (TPSA) is 84.4 Å². The van der Waals surface area contributed by atoms with E-state index in [-0.39, 0.29) is 24.2 Å². The van der Waals surface area contributed by atoms with Gasteiger partial charge in [0, 0.05) is 32.4 Å². The van der Waals surface area contributed by atoms with Crippen molar-refractivity contribution in [3.8, 4) is 0 Å². The summed E-state index contributed by atoms with van der Waals surface area (Å²) in [6.45, 7) is 3.96. The predicted octanol–water partition coefficient (Wildman–Crippen LogP) is 1.86. The Kier molecular flexibility index (Phi) is 7.25. The summed E-state index contributed by atoms with van der Waals surface area (Å²) >= 11 is 2.88. The molecule has 1 aromatic heterocycles. The fourth-order valence-corrected chi connectivity index (χ4v) is 3.98. The molecule has 128 valence electrons. The molecule has 0 radical (unpaired) electrons. The first kappa shape index (κ1) is 18.2. The Morgan fingerprint density at radius 3 is 3.09 bits per heavy atom. The molecule has 23 heavy (non-hydrogen) atoms. The smallest absolute Gasteiger partial charge is 0.231 e. The third kappa shape index (κ3) is 5.43. The Bertz CT molecular complexity index is 538. The van der Waals surface area contributed by atoms with Crippen LogP contribution in [0.1, 0.15) is 26.2 Å². The van der Waals surface area contributed by atoms with E-state index in [1.807, 2.05) is 0 Å². The summed E-state index contributed by atoms with van der Waals surface area (Å²) in [5.74, 6) is 0.407. The van der Waals surface area contributed by atoms with Crippen molar-refractivity contribution in [3.05, 3.63) is 0 Å². The number of aromatic nitrogens is 2. The zero-order chi connectivity index (χ0) is 16.7. The lowest BCUT2D eigenvalue weighted by Crippen LogP contribution is -2.29. The zero-order valence-corrected chi connectivity index (χ0v) is 15.0. The Balaban J connectivity index is 1.81. The van der Waals surface area contributed by atoms with E-state index in [1.54, 1.807) is 23.8 Å². The van der Waals surface area contributed by atoms with Crippen LogP contribution < -0.4 is 5.32 Å². The van der Waals surface area contributed by atoms with Gasteiger partial charge >= 0.3 is 0 Å². The molecule has 7 nitrogen and oxygen atoms in total. The second-order valence-corrected chi connectivity index (χ2v) is 7.62. The molecule has 9 heteroatoms. The highest BCUT2D eigenvalue weighted by atomic mass is 32.2. The highest BCUT2D eigenvalue weighted by molar-refractivity contribution is 8.01. The lowest BCUT2D eigenvalue weighted by atomic mass is 10.1. The van der Waals surface area contributed by atoms with Crippen LogP contribution in [0.3, 0.4) is 0 Å². The van der Waals surface area contributed by atoms with Crippen molar-refractivity contribution in [1.29, 1.82) is 0 Å². The van der Waals surface area contributed by atoms with Crippen molar-refractivity contribution in [3.63, 3.8) is 0 Å². The van der Waals surface area contributed by atoms with Crippen molar-refractivity contribution in [1.82, 2.24) is 15.1 Å². The summed E-state index contributed by atoms with van der Waals surface area (Å²) in [6, 6.07) is 0. The third-order valence-corrected chi connectivity index (χ3v) is 5.45. The number of ether oxygens (including phenoxy) is 1. The monoisotopic (exact) mass is 358 g/mol. The Labute approximate surface area is 144 Å². The number of nitrogens with one attached hydrogen (secondary N) is 1. The first-order valence-corrected chi connectivity index (χ1v) is 9.48. The summed E-state index contributed by atoms with van der Waals surface area (Å²) in [4.78, 5) is 26.0. The van der Waals surface area contributed by atoms with Gasteiger partial charge in [-0.05, 0) is 6.42 Å². The number of anilines is 1. The predicted molar refractivity (Wildman–Crippen MR) is 90.7 cm³/mol. The van der Waals surface area contributed by atoms with Crippen molar-refractivity contribution >= 4 is 40.0 Å². The summed E-state index contributed by atoms with van der Waals surface area (Å²) in [7, 11) is 1.65. The van der Waals surface area contributed by atoms with E-state index in [0.29, 0.717) is 18.3 Å². The molecular weight excluding hydrogens is 336 g/mol. The van der Waals surface area contributed by atoms with Gasteiger partial charge in [-0.25, -0.2) is 0 Å². The van der Waals surface area contributed by atoms with Crippen LogP contribution in [0.5, 0.6) is 0 Å². The summed E-state index contributed by atoms with van der Waals surface area (Å²) in [5.41, 5.74) is 0. The number of rotatable bonds is 9. The van der Waals surface area contributed by atoms with Crippen molar-refractivity contribution < 1.29 is 14.3 Å². The van der Waals surface area contributed by atoms with Gasteiger partial charge < -0.3 is 15.0 Å². The molecule has 2 heterocycles. The number of thioether (sulfide) groups is 1. The maximum atomic E-state index is 12.3. The van der Waals surface area contributed by atoms with Gasteiger partial charge in [0.2, 0.25) is 16.9 Å². The molecule has 1 saturated heterocycles. The van der Waals surface area contributed by atoms with E-state index in [1.165, 1.54) is 11.3 Å². The molecule has 0 aromatic carbocycles. The van der Waals surface area contributed by atoms with Gasteiger partial charge in [-0.1, -0.05) is 36.4 Å².